The zero-order valence-electron chi connectivity index (χ0n) is 12.5. The first-order chi connectivity index (χ1) is 11.1. The summed E-state index contributed by atoms with van der Waals surface area (Å²) in [5, 5.41) is 3.78. The Balaban J connectivity index is 1.58. The predicted molar refractivity (Wildman–Crippen MR) is 89.2 cm³/mol. The molecule has 0 saturated heterocycles. The number of ether oxygens (including phenoxy) is 1. The zero-order chi connectivity index (χ0) is 16.2. The Morgan fingerprint density at radius 2 is 2.00 bits per heavy atom. The monoisotopic (exact) mass is 353 g/mol. The summed E-state index contributed by atoms with van der Waals surface area (Å²) in [7, 11) is 0. The van der Waals surface area contributed by atoms with E-state index < -0.39 is 0 Å². The van der Waals surface area contributed by atoms with E-state index in [9.17, 15) is 4.79 Å². The van der Waals surface area contributed by atoms with Gasteiger partial charge in [0.25, 0.3) is 5.91 Å². The van der Waals surface area contributed by atoms with Crippen LogP contribution in [0.15, 0.2) is 34.7 Å². The highest BCUT2D eigenvalue weighted by Crippen LogP contribution is 2.32. The van der Waals surface area contributed by atoms with Crippen LogP contribution in [0.25, 0.3) is 0 Å². The van der Waals surface area contributed by atoms with Crippen molar-refractivity contribution in [3.63, 3.8) is 0 Å². The Morgan fingerprint density at radius 3 is 2.78 bits per heavy atom. The number of benzene rings is 1. The Morgan fingerprint density at radius 1 is 1.22 bits per heavy atom. The summed E-state index contributed by atoms with van der Waals surface area (Å²) in [6.07, 6.45) is 4.41. The molecule has 1 heterocycles. The van der Waals surface area contributed by atoms with Gasteiger partial charge in [-0.2, -0.15) is 0 Å². The third-order valence-corrected chi connectivity index (χ3v) is 4.66. The Bertz CT molecular complexity index is 693. The van der Waals surface area contributed by atoms with Gasteiger partial charge in [0.15, 0.2) is 5.76 Å². The maximum Gasteiger partial charge on any atom is 0.287 e. The Kier molecular flexibility index (Phi) is 5.13. The second-order valence-electron chi connectivity index (χ2n) is 5.56. The zero-order valence-corrected chi connectivity index (χ0v) is 14.0. The van der Waals surface area contributed by atoms with E-state index in [1.54, 1.807) is 30.3 Å². The van der Waals surface area contributed by atoms with Gasteiger partial charge < -0.3 is 14.5 Å². The largest absolute Gasteiger partial charge is 0.484 e. The van der Waals surface area contributed by atoms with Gasteiger partial charge in [0, 0.05) is 6.04 Å². The normalized spacial score (nSPS) is 14.9. The molecule has 2 aromatic rings. The molecule has 1 aliphatic carbocycles. The van der Waals surface area contributed by atoms with Crippen molar-refractivity contribution >= 4 is 29.1 Å². The molecule has 1 saturated carbocycles. The fraction of sp³-hybridized carbons (Fsp3) is 0.353. The number of furan rings is 1. The molecule has 1 aromatic heterocycles. The van der Waals surface area contributed by atoms with Gasteiger partial charge in [0.1, 0.15) is 23.1 Å². The van der Waals surface area contributed by atoms with E-state index in [1.807, 2.05) is 0 Å². The molecule has 0 atom stereocenters. The van der Waals surface area contributed by atoms with Gasteiger partial charge in [-0.1, -0.05) is 42.1 Å². The summed E-state index contributed by atoms with van der Waals surface area (Å²) in [6.45, 7) is 0.177. The van der Waals surface area contributed by atoms with Crippen molar-refractivity contribution in [1.82, 2.24) is 5.32 Å². The van der Waals surface area contributed by atoms with Crippen LogP contribution in [-0.4, -0.2) is 11.9 Å². The molecule has 23 heavy (non-hydrogen) atoms. The average Bonchev–Trinajstić information content (AvgIpc) is 3.20. The second-order valence-corrected chi connectivity index (χ2v) is 6.35. The first-order valence-corrected chi connectivity index (χ1v) is 8.35. The maximum atomic E-state index is 12.1. The van der Waals surface area contributed by atoms with Crippen molar-refractivity contribution in [3.05, 3.63) is 51.9 Å². The molecular weight excluding hydrogens is 337 g/mol. The first-order valence-electron chi connectivity index (χ1n) is 7.60. The number of halogens is 2. The highest BCUT2D eigenvalue weighted by Gasteiger charge is 2.20. The smallest absolute Gasteiger partial charge is 0.287 e. The number of carbonyl (C=O) groups is 1. The molecule has 122 valence electrons. The first kappa shape index (κ1) is 16.2. The van der Waals surface area contributed by atoms with Crippen molar-refractivity contribution in [2.45, 2.75) is 38.3 Å². The third kappa shape index (κ3) is 4.01. The fourth-order valence-corrected chi connectivity index (χ4v) is 2.99. The van der Waals surface area contributed by atoms with E-state index in [1.165, 1.54) is 12.8 Å². The minimum atomic E-state index is -0.177. The van der Waals surface area contributed by atoms with Crippen LogP contribution >= 0.6 is 23.2 Å². The molecule has 1 amide bonds. The standard InChI is InChI=1S/C17H17Cl2NO3/c18-13-6-3-7-14(16(13)19)22-10-12-8-9-15(23-12)17(21)20-11-4-1-2-5-11/h3,6-9,11H,1-2,4-5,10H2,(H,20,21). The van der Waals surface area contributed by atoms with Crippen LogP contribution < -0.4 is 10.1 Å². The molecule has 1 N–H and O–H groups in total. The Labute approximate surface area is 144 Å². The number of amides is 1. The van der Waals surface area contributed by atoms with Crippen molar-refractivity contribution in [2.75, 3.05) is 0 Å². The van der Waals surface area contributed by atoms with Gasteiger partial charge in [-0.3, -0.25) is 4.79 Å². The summed E-state index contributed by atoms with van der Waals surface area (Å²) in [5.41, 5.74) is 0. The molecule has 3 rings (SSSR count). The molecule has 0 aliphatic heterocycles. The quantitative estimate of drug-likeness (QED) is 0.836. The van der Waals surface area contributed by atoms with Crippen molar-refractivity contribution in [1.29, 1.82) is 0 Å². The van der Waals surface area contributed by atoms with Crippen LogP contribution in [0, 0.1) is 0 Å². The average molecular weight is 354 g/mol. The number of hydrogen-bond donors (Lipinski definition) is 1. The summed E-state index contributed by atoms with van der Waals surface area (Å²) in [5.74, 6) is 1.15. The summed E-state index contributed by atoms with van der Waals surface area (Å²) in [6, 6.07) is 8.81. The molecule has 0 unspecified atom stereocenters. The topological polar surface area (TPSA) is 51.5 Å². The Hall–Kier alpha value is -1.65. The molecule has 0 bridgehead atoms. The van der Waals surface area contributed by atoms with E-state index in [0.717, 1.165) is 12.8 Å². The maximum absolute atomic E-state index is 12.1. The molecule has 0 spiro atoms. The number of carbonyl (C=O) groups excluding carboxylic acids is 1. The molecule has 1 aliphatic rings. The van der Waals surface area contributed by atoms with Crippen molar-refractivity contribution in [2.24, 2.45) is 0 Å². The van der Waals surface area contributed by atoms with Crippen LogP contribution in [0.5, 0.6) is 5.75 Å². The van der Waals surface area contributed by atoms with Crippen molar-refractivity contribution in [3.8, 4) is 5.75 Å². The highest BCUT2D eigenvalue weighted by atomic mass is 35.5. The highest BCUT2D eigenvalue weighted by molar-refractivity contribution is 6.42. The minimum Gasteiger partial charge on any atom is -0.484 e. The van der Waals surface area contributed by atoms with Gasteiger partial charge in [0.05, 0.1) is 5.02 Å². The summed E-state index contributed by atoms with van der Waals surface area (Å²) < 4.78 is 11.1. The van der Waals surface area contributed by atoms with E-state index in [4.69, 9.17) is 32.4 Å². The lowest BCUT2D eigenvalue weighted by Crippen LogP contribution is -2.32. The third-order valence-electron chi connectivity index (χ3n) is 3.86. The van der Waals surface area contributed by atoms with Gasteiger partial charge >= 0.3 is 0 Å². The van der Waals surface area contributed by atoms with Gasteiger partial charge in [-0.25, -0.2) is 0 Å². The van der Waals surface area contributed by atoms with Crippen LogP contribution in [0.2, 0.25) is 10.0 Å². The van der Waals surface area contributed by atoms with Crippen molar-refractivity contribution < 1.29 is 13.9 Å². The van der Waals surface area contributed by atoms with Gasteiger partial charge in [-0.15, -0.1) is 0 Å². The summed E-state index contributed by atoms with van der Waals surface area (Å²) >= 11 is 12.0. The van der Waals surface area contributed by atoms with E-state index in [0.29, 0.717) is 27.3 Å². The van der Waals surface area contributed by atoms with Crippen LogP contribution in [0.4, 0.5) is 0 Å². The molecule has 6 heteroatoms. The van der Waals surface area contributed by atoms with Crippen LogP contribution in [0.1, 0.15) is 42.0 Å². The van der Waals surface area contributed by atoms with E-state index in [2.05, 4.69) is 5.32 Å². The second kappa shape index (κ2) is 7.28. The van der Waals surface area contributed by atoms with Gasteiger partial charge in [-0.05, 0) is 37.1 Å². The molecule has 4 nitrogen and oxygen atoms in total. The van der Waals surface area contributed by atoms with E-state index >= 15 is 0 Å². The molecule has 1 fully saturated rings. The summed E-state index contributed by atoms with van der Waals surface area (Å²) in [4.78, 5) is 12.1. The van der Waals surface area contributed by atoms with Gasteiger partial charge in [0.2, 0.25) is 0 Å². The number of rotatable bonds is 5. The lowest BCUT2D eigenvalue weighted by Gasteiger charge is -2.10. The lowest BCUT2D eigenvalue weighted by molar-refractivity contribution is 0.0905. The van der Waals surface area contributed by atoms with Crippen LogP contribution in [0.3, 0.4) is 0 Å². The molecule has 1 aromatic carbocycles. The lowest BCUT2D eigenvalue weighted by atomic mass is 10.2. The SMILES string of the molecule is O=C(NC1CCCC1)c1ccc(COc2cccc(Cl)c2Cl)o1. The minimum absolute atomic E-state index is 0.177. The number of hydrogen-bond acceptors (Lipinski definition) is 3. The number of nitrogens with one attached hydrogen (secondary N) is 1. The van der Waals surface area contributed by atoms with Crippen LogP contribution in [-0.2, 0) is 6.61 Å². The predicted octanol–water partition coefficient (Wildman–Crippen LogP) is 4.84. The van der Waals surface area contributed by atoms with E-state index in [-0.39, 0.29) is 18.6 Å². The molecular formula is C17H17Cl2NO3. The fourth-order valence-electron chi connectivity index (χ4n) is 2.65. The molecule has 0 radical (unpaired) electrons.